The Morgan fingerprint density at radius 3 is 2.48 bits per heavy atom. The fraction of sp³-hybridized carbons (Fsp3) is 0.350. The number of H-pyrrole nitrogens is 1. The molecule has 0 radical (unpaired) electrons. The number of piperidine rings is 1. The first-order valence-corrected chi connectivity index (χ1v) is 9.21. The van der Waals surface area contributed by atoms with Gasteiger partial charge in [-0.15, -0.1) is 0 Å². The number of aromatic nitrogens is 3. The molecule has 1 aliphatic heterocycles. The summed E-state index contributed by atoms with van der Waals surface area (Å²) in [7, 11) is 1.72. The molecule has 27 heavy (non-hydrogen) atoms. The molecule has 0 atom stereocenters. The molecule has 7 heteroatoms. The lowest BCUT2D eigenvalue weighted by Gasteiger charge is -2.26. The summed E-state index contributed by atoms with van der Waals surface area (Å²) in [6.45, 7) is 1.61. The van der Waals surface area contributed by atoms with Gasteiger partial charge in [0.15, 0.2) is 0 Å². The third-order valence-electron chi connectivity index (χ3n) is 5.16. The van der Waals surface area contributed by atoms with Crippen molar-refractivity contribution in [1.29, 1.82) is 0 Å². The molecule has 1 amide bonds. The third-order valence-corrected chi connectivity index (χ3v) is 5.16. The highest BCUT2D eigenvalue weighted by Crippen LogP contribution is 2.19. The van der Waals surface area contributed by atoms with Crippen LogP contribution in [0.3, 0.4) is 0 Å². The Morgan fingerprint density at radius 1 is 1.07 bits per heavy atom. The van der Waals surface area contributed by atoms with Crippen molar-refractivity contribution < 1.29 is 4.79 Å². The van der Waals surface area contributed by atoms with Crippen LogP contribution in [0.25, 0.3) is 11.0 Å². The van der Waals surface area contributed by atoms with Gasteiger partial charge in [-0.3, -0.25) is 14.2 Å². The van der Waals surface area contributed by atoms with Gasteiger partial charge in [-0.25, -0.2) is 4.79 Å². The molecule has 2 aromatic heterocycles. The molecule has 1 aliphatic rings. The standard InChI is InChI=1S/C20H22N4O3/c1-22-13-15(18(25)23-10-6-3-7-11-23)16-17(22)19(26)24(20(27)21-16)12-14-8-4-2-5-9-14/h2,4-5,8-9,13H,3,6-7,10-12H2,1H3,(H,21,27). The minimum atomic E-state index is -0.504. The van der Waals surface area contributed by atoms with Crippen molar-refractivity contribution in [3.8, 4) is 0 Å². The maximum absolute atomic E-state index is 13.0. The second kappa shape index (κ2) is 6.90. The van der Waals surface area contributed by atoms with E-state index in [9.17, 15) is 14.4 Å². The molecule has 0 saturated carbocycles. The van der Waals surface area contributed by atoms with E-state index < -0.39 is 11.2 Å². The lowest BCUT2D eigenvalue weighted by atomic mass is 10.1. The van der Waals surface area contributed by atoms with E-state index in [0.29, 0.717) is 29.7 Å². The molecule has 1 saturated heterocycles. The van der Waals surface area contributed by atoms with Crippen LogP contribution in [0.5, 0.6) is 0 Å². The minimum absolute atomic E-state index is 0.129. The Labute approximate surface area is 155 Å². The third kappa shape index (κ3) is 3.09. The molecule has 1 aromatic carbocycles. The molecule has 0 spiro atoms. The molecule has 1 fully saturated rings. The van der Waals surface area contributed by atoms with Crippen LogP contribution in [-0.2, 0) is 13.6 Å². The Balaban J connectivity index is 1.80. The fourth-order valence-electron chi connectivity index (χ4n) is 3.74. The number of rotatable bonds is 3. The van der Waals surface area contributed by atoms with Crippen LogP contribution in [0.15, 0.2) is 46.1 Å². The number of carbonyl (C=O) groups is 1. The van der Waals surface area contributed by atoms with Crippen molar-refractivity contribution >= 4 is 16.9 Å². The minimum Gasteiger partial charge on any atom is -0.344 e. The van der Waals surface area contributed by atoms with E-state index in [1.807, 2.05) is 30.3 Å². The van der Waals surface area contributed by atoms with E-state index in [-0.39, 0.29) is 12.5 Å². The SMILES string of the molecule is Cn1cc(C(=O)N2CCCCC2)c2[nH]c(=O)n(Cc3ccccc3)c(=O)c21. The van der Waals surface area contributed by atoms with Crippen molar-refractivity contribution in [2.45, 2.75) is 25.8 Å². The lowest BCUT2D eigenvalue weighted by Crippen LogP contribution is -2.37. The zero-order valence-corrected chi connectivity index (χ0v) is 15.3. The fourth-order valence-corrected chi connectivity index (χ4v) is 3.74. The van der Waals surface area contributed by atoms with E-state index in [0.717, 1.165) is 24.8 Å². The van der Waals surface area contributed by atoms with Crippen molar-refractivity contribution in [3.63, 3.8) is 0 Å². The largest absolute Gasteiger partial charge is 0.344 e. The Bertz CT molecular complexity index is 1100. The van der Waals surface area contributed by atoms with Gasteiger partial charge in [0, 0.05) is 26.3 Å². The predicted molar refractivity (Wildman–Crippen MR) is 103 cm³/mol. The summed E-state index contributed by atoms with van der Waals surface area (Å²) in [5, 5.41) is 0. The normalized spacial score (nSPS) is 14.6. The van der Waals surface area contributed by atoms with Crippen LogP contribution in [0.2, 0.25) is 0 Å². The monoisotopic (exact) mass is 366 g/mol. The first-order chi connectivity index (χ1) is 13.1. The van der Waals surface area contributed by atoms with Crippen LogP contribution in [0.1, 0.15) is 35.2 Å². The van der Waals surface area contributed by atoms with E-state index in [4.69, 9.17) is 0 Å². The summed E-state index contributed by atoms with van der Waals surface area (Å²) in [6, 6.07) is 9.35. The van der Waals surface area contributed by atoms with Crippen molar-refractivity contribution in [3.05, 3.63) is 68.5 Å². The number of aromatic amines is 1. The summed E-state index contributed by atoms with van der Waals surface area (Å²) in [5.41, 5.74) is 1.02. The molecular formula is C20H22N4O3. The number of nitrogens with one attached hydrogen (secondary N) is 1. The van der Waals surface area contributed by atoms with Crippen LogP contribution in [0.4, 0.5) is 0 Å². The second-order valence-corrected chi connectivity index (χ2v) is 7.04. The lowest BCUT2D eigenvalue weighted by molar-refractivity contribution is 0.0726. The van der Waals surface area contributed by atoms with Gasteiger partial charge in [-0.1, -0.05) is 30.3 Å². The quantitative estimate of drug-likeness (QED) is 0.766. The van der Waals surface area contributed by atoms with Gasteiger partial charge in [-0.2, -0.15) is 0 Å². The highest BCUT2D eigenvalue weighted by Gasteiger charge is 2.24. The molecule has 0 unspecified atom stereocenters. The van der Waals surface area contributed by atoms with E-state index >= 15 is 0 Å². The molecule has 0 bridgehead atoms. The highest BCUT2D eigenvalue weighted by molar-refractivity contribution is 6.05. The average molecular weight is 366 g/mol. The number of carbonyl (C=O) groups excluding carboxylic acids is 1. The maximum Gasteiger partial charge on any atom is 0.329 e. The molecule has 0 aliphatic carbocycles. The molecule has 3 heterocycles. The average Bonchev–Trinajstić information content (AvgIpc) is 3.02. The highest BCUT2D eigenvalue weighted by atomic mass is 16.2. The van der Waals surface area contributed by atoms with Gasteiger partial charge in [0.1, 0.15) is 5.52 Å². The molecular weight excluding hydrogens is 344 g/mol. The van der Waals surface area contributed by atoms with Crippen LogP contribution in [0, 0.1) is 0 Å². The van der Waals surface area contributed by atoms with Crippen LogP contribution >= 0.6 is 0 Å². The van der Waals surface area contributed by atoms with Gasteiger partial charge >= 0.3 is 5.69 Å². The number of nitrogens with zero attached hydrogens (tertiary/aromatic N) is 3. The Hall–Kier alpha value is -3.09. The number of hydrogen-bond donors (Lipinski definition) is 1. The van der Waals surface area contributed by atoms with Crippen LogP contribution in [-0.4, -0.2) is 38.0 Å². The summed E-state index contributed by atoms with van der Waals surface area (Å²) in [4.78, 5) is 43.0. The van der Waals surface area contributed by atoms with Gasteiger partial charge < -0.3 is 14.5 Å². The Morgan fingerprint density at radius 2 is 1.78 bits per heavy atom. The smallest absolute Gasteiger partial charge is 0.329 e. The second-order valence-electron chi connectivity index (χ2n) is 7.04. The van der Waals surface area contributed by atoms with E-state index in [1.54, 1.807) is 22.7 Å². The number of amides is 1. The van der Waals surface area contributed by atoms with Crippen LogP contribution < -0.4 is 11.2 Å². The first kappa shape index (κ1) is 17.3. The van der Waals surface area contributed by atoms with Crippen molar-refractivity contribution in [2.24, 2.45) is 7.05 Å². The topological polar surface area (TPSA) is 80.1 Å². The van der Waals surface area contributed by atoms with Gasteiger partial charge in [0.05, 0.1) is 17.6 Å². The van der Waals surface area contributed by atoms with Crippen molar-refractivity contribution in [2.75, 3.05) is 13.1 Å². The number of hydrogen-bond acceptors (Lipinski definition) is 3. The summed E-state index contributed by atoms with van der Waals surface area (Å²) >= 11 is 0. The number of aryl methyl sites for hydroxylation is 1. The van der Waals surface area contributed by atoms with Gasteiger partial charge in [-0.05, 0) is 24.8 Å². The zero-order valence-electron chi connectivity index (χ0n) is 15.3. The maximum atomic E-state index is 13.0. The Kier molecular flexibility index (Phi) is 4.43. The molecule has 140 valence electrons. The number of fused-ring (bicyclic) bond motifs is 1. The molecule has 3 aromatic rings. The van der Waals surface area contributed by atoms with E-state index in [2.05, 4.69) is 4.98 Å². The molecule has 1 N–H and O–H groups in total. The number of benzene rings is 1. The summed E-state index contributed by atoms with van der Waals surface area (Å²) < 4.78 is 2.80. The van der Waals surface area contributed by atoms with Gasteiger partial charge in [0.25, 0.3) is 11.5 Å². The van der Waals surface area contributed by atoms with E-state index in [1.165, 1.54) is 4.57 Å². The molecule has 4 rings (SSSR count). The van der Waals surface area contributed by atoms with Gasteiger partial charge in [0.2, 0.25) is 0 Å². The van der Waals surface area contributed by atoms with Crippen molar-refractivity contribution in [1.82, 2.24) is 19.0 Å². The summed E-state index contributed by atoms with van der Waals surface area (Å²) in [6.07, 6.45) is 4.74. The number of likely N-dealkylation sites (tertiary alicyclic amines) is 1. The zero-order chi connectivity index (χ0) is 19.0. The first-order valence-electron chi connectivity index (χ1n) is 9.21. The predicted octanol–water partition coefficient (Wildman–Crippen LogP) is 1.70. The molecule has 7 nitrogen and oxygen atoms in total. The summed E-state index contributed by atoms with van der Waals surface area (Å²) in [5.74, 6) is -0.129.